The topological polar surface area (TPSA) is 3.24 Å². The van der Waals surface area contributed by atoms with Crippen molar-refractivity contribution in [1.29, 1.82) is 0 Å². The minimum atomic E-state index is -0.0246. The summed E-state index contributed by atoms with van der Waals surface area (Å²) in [4.78, 5) is 2.47. The number of hydrogen-bond acceptors (Lipinski definition) is 1. The predicted octanol–water partition coefficient (Wildman–Crippen LogP) is 4.55. The zero-order chi connectivity index (χ0) is 12.5. The Bertz CT molecular complexity index is 318. The molecule has 0 N–H and O–H groups in total. The van der Waals surface area contributed by atoms with Gasteiger partial charge in [0.2, 0.25) is 0 Å². The lowest BCUT2D eigenvalue weighted by Crippen LogP contribution is -2.28. The number of nitrogens with zero attached hydrogens (tertiary/aromatic N) is 1. The lowest BCUT2D eigenvalue weighted by Gasteiger charge is -2.42. The molecular weight excluding hydrogens is 225 g/mol. The van der Waals surface area contributed by atoms with E-state index in [2.05, 4.69) is 50.9 Å². The van der Waals surface area contributed by atoms with Crippen LogP contribution in [0, 0.1) is 0 Å². The molecule has 1 aliphatic carbocycles. The maximum atomic E-state index is 2.47. The van der Waals surface area contributed by atoms with Gasteiger partial charge in [0.15, 0.2) is 0 Å². The smallest absolute Gasteiger partial charge is 0.0378 e. The first-order chi connectivity index (χ1) is 8.00. The molecule has 1 heterocycles. The number of rotatable bonds is 2. The van der Waals surface area contributed by atoms with Gasteiger partial charge in [-0.2, -0.15) is 0 Å². The van der Waals surface area contributed by atoms with Crippen molar-refractivity contribution in [2.75, 3.05) is 13.6 Å². The molecular formula is C15H26NP. The fourth-order valence-corrected chi connectivity index (χ4v) is 6.83. The second-order valence-corrected chi connectivity index (χ2v) is 9.58. The maximum absolute atomic E-state index is 2.47. The minimum Gasteiger partial charge on any atom is -0.371 e. The first-order valence-corrected chi connectivity index (χ1v) is 8.28. The van der Waals surface area contributed by atoms with Crippen LogP contribution in [0.4, 0.5) is 0 Å². The third-order valence-electron chi connectivity index (χ3n) is 3.81. The third-order valence-corrected chi connectivity index (χ3v) is 7.49. The Morgan fingerprint density at radius 1 is 1.24 bits per heavy atom. The first-order valence-electron chi connectivity index (χ1n) is 6.87. The van der Waals surface area contributed by atoms with Crippen molar-refractivity contribution in [3.05, 3.63) is 23.7 Å². The summed E-state index contributed by atoms with van der Waals surface area (Å²) in [6.07, 6.45) is 12.7. The van der Waals surface area contributed by atoms with E-state index in [0.29, 0.717) is 5.16 Å². The molecule has 0 radical (unpaired) electrons. The Kier molecular flexibility index (Phi) is 3.98. The van der Waals surface area contributed by atoms with E-state index in [1.165, 1.54) is 25.7 Å². The molecule has 17 heavy (non-hydrogen) atoms. The number of likely N-dealkylation sites (N-methyl/N-ethyl adjacent to an activating group) is 1. The molecule has 96 valence electrons. The fourth-order valence-electron chi connectivity index (χ4n) is 3.10. The average molecular weight is 251 g/mol. The summed E-state index contributed by atoms with van der Waals surface area (Å²) >= 11 is 0. The second-order valence-electron chi connectivity index (χ2n) is 6.31. The van der Waals surface area contributed by atoms with Crippen molar-refractivity contribution < 1.29 is 0 Å². The highest BCUT2D eigenvalue weighted by molar-refractivity contribution is 7.64. The van der Waals surface area contributed by atoms with E-state index in [1.807, 2.05) is 0 Å². The fraction of sp³-hybridized carbons (Fsp3) is 0.733. The van der Waals surface area contributed by atoms with E-state index < -0.39 is 0 Å². The van der Waals surface area contributed by atoms with Crippen molar-refractivity contribution in [3.63, 3.8) is 0 Å². The van der Waals surface area contributed by atoms with Crippen LogP contribution in [0.15, 0.2) is 23.7 Å². The highest BCUT2D eigenvalue weighted by Gasteiger charge is 2.37. The van der Waals surface area contributed by atoms with Crippen molar-refractivity contribution in [1.82, 2.24) is 4.90 Å². The van der Waals surface area contributed by atoms with Crippen LogP contribution in [0.2, 0.25) is 0 Å². The van der Waals surface area contributed by atoms with Crippen molar-refractivity contribution in [2.24, 2.45) is 0 Å². The molecule has 1 nitrogen and oxygen atoms in total. The summed E-state index contributed by atoms with van der Waals surface area (Å²) in [5, 5.41) is 0.440. The van der Waals surface area contributed by atoms with Crippen molar-refractivity contribution >= 4 is 7.92 Å². The maximum Gasteiger partial charge on any atom is 0.0378 e. The monoisotopic (exact) mass is 251 g/mol. The molecule has 0 spiro atoms. The lowest BCUT2D eigenvalue weighted by molar-refractivity contribution is 0.485. The molecule has 0 aromatic rings. The van der Waals surface area contributed by atoms with Gasteiger partial charge in [-0.1, -0.05) is 45.8 Å². The largest absolute Gasteiger partial charge is 0.371 e. The summed E-state index contributed by atoms with van der Waals surface area (Å²) in [7, 11) is 2.23. The molecule has 1 atom stereocenters. The van der Waals surface area contributed by atoms with Gasteiger partial charge in [-0.05, 0) is 37.7 Å². The summed E-state index contributed by atoms with van der Waals surface area (Å²) < 4.78 is 0. The van der Waals surface area contributed by atoms with Crippen LogP contribution >= 0.6 is 7.92 Å². The Hall–Kier alpha value is -0.290. The van der Waals surface area contributed by atoms with Crippen molar-refractivity contribution in [3.8, 4) is 0 Å². The van der Waals surface area contributed by atoms with E-state index in [1.54, 1.807) is 5.44 Å². The third kappa shape index (κ3) is 2.94. The number of hydrogen-bond donors (Lipinski definition) is 0. The van der Waals surface area contributed by atoms with Crippen LogP contribution in [0.5, 0.6) is 0 Å². The normalized spacial score (nSPS) is 24.0. The average Bonchev–Trinajstić information content (AvgIpc) is 2.72. The summed E-state index contributed by atoms with van der Waals surface area (Å²) in [6.45, 7) is 8.39. The number of allylic oxidation sites excluding steroid dienone is 2. The van der Waals surface area contributed by atoms with Crippen LogP contribution in [-0.4, -0.2) is 29.3 Å². The van der Waals surface area contributed by atoms with Gasteiger partial charge in [-0.15, -0.1) is 0 Å². The summed E-state index contributed by atoms with van der Waals surface area (Å²) in [5.74, 6) is 0. The van der Waals surface area contributed by atoms with Gasteiger partial charge in [0.25, 0.3) is 0 Å². The van der Waals surface area contributed by atoms with Gasteiger partial charge in [0.1, 0.15) is 0 Å². The van der Waals surface area contributed by atoms with Gasteiger partial charge in [-0.3, -0.25) is 0 Å². The predicted molar refractivity (Wildman–Crippen MR) is 78.8 cm³/mol. The van der Waals surface area contributed by atoms with Gasteiger partial charge in [0.05, 0.1) is 0 Å². The van der Waals surface area contributed by atoms with E-state index in [0.717, 1.165) is 12.2 Å². The quantitative estimate of drug-likeness (QED) is 0.651. The van der Waals surface area contributed by atoms with Gasteiger partial charge >= 0.3 is 0 Å². The zero-order valence-corrected chi connectivity index (χ0v) is 12.6. The molecule has 2 aliphatic rings. The molecule has 0 aromatic heterocycles. The molecule has 0 bridgehead atoms. The summed E-state index contributed by atoms with van der Waals surface area (Å²) in [5.41, 5.74) is 2.59. The molecule has 1 aliphatic heterocycles. The molecule has 1 saturated carbocycles. The standard InChI is InChI=1S/C15H26NP/c1-15(2,3)17(13-9-5-6-10-13)14-11-7-8-12-16(14)4/h7-8,11,13H,5-6,9-10,12H2,1-4H3. The molecule has 0 saturated heterocycles. The van der Waals surface area contributed by atoms with Crippen LogP contribution in [0.25, 0.3) is 0 Å². The molecule has 2 rings (SSSR count). The Labute approximate surface area is 108 Å². The first kappa shape index (κ1) is 13.1. The molecule has 1 unspecified atom stereocenters. The van der Waals surface area contributed by atoms with Crippen LogP contribution in [-0.2, 0) is 0 Å². The van der Waals surface area contributed by atoms with Gasteiger partial charge in [-0.25, -0.2) is 0 Å². The van der Waals surface area contributed by atoms with Gasteiger partial charge < -0.3 is 4.90 Å². The zero-order valence-electron chi connectivity index (χ0n) is 11.7. The Morgan fingerprint density at radius 2 is 1.88 bits per heavy atom. The van der Waals surface area contributed by atoms with Crippen LogP contribution < -0.4 is 0 Å². The van der Waals surface area contributed by atoms with E-state index in [9.17, 15) is 0 Å². The molecule has 0 aromatic carbocycles. The van der Waals surface area contributed by atoms with E-state index in [4.69, 9.17) is 0 Å². The van der Waals surface area contributed by atoms with Crippen molar-refractivity contribution in [2.45, 2.75) is 57.3 Å². The Morgan fingerprint density at radius 3 is 2.41 bits per heavy atom. The lowest BCUT2D eigenvalue weighted by atomic mass is 10.2. The van der Waals surface area contributed by atoms with Crippen LogP contribution in [0.1, 0.15) is 46.5 Å². The Balaban J connectivity index is 2.26. The van der Waals surface area contributed by atoms with Gasteiger partial charge in [0, 0.05) is 19.0 Å². The van der Waals surface area contributed by atoms with Crippen LogP contribution in [0.3, 0.4) is 0 Å². The van der Waals surface area contributed by atoms with E-state index in [-0.39, 0.29) is 7.92 Å². The SMILES string of the molecule is CN1CC=CC=C1P(C1CCCC1)C(C)(C)C. The molecule has 0 amide bonds. The van der Waals surface area contributed by atoms with E-state index >= 15 is 0 Å². The molecule has 2 heteroatoms. The second kappa shape index (κ2) is 5.14. The minimum absolute atomic E-state index is 0.0246. The molecule has 1 fully saturated rings. The highest BCUT2D eigenvalue weighted by atomic mass is 31.1. The highest BCUT2D eigenvalue weighted by Crippen LogP contribution is 2.64. The summed E-state index contributed by atoms with van der Waals surface area (Å²) in [6, 6.07) is 0.